The lowest BCUT2D eigenvalue weighted by Crippen LogP contribution is -2.35. The van der Waals surface area contributed by atoms with Crippen molar-refractivity contribution in [2.75, 3.05) is 12.4 Å². The first-order valence-corrected chi connectivity index (χ1v) is 7.47. The summed E-state index contributed by atoms with van der Waals surface area (Å²) in [7, 11) is 1.53. The van der Waals surface area contributed by atoms with E-state index in [9.17, 15) is 14.0 Å². The third-order valence-corrected chi connectivity index (χ3v) is 3.53. The molecule has 1 heterocycles. The predicted octanol–water partition coefficient (Wildman–Crippen LogP) is 2.84. The van der Waals surface area contributed by atoms with Crippen LogP contribution in [0.5, 0.6) is 5.75 Å². The van der Waals surface area contributed by atoms with Crippen LogP contribution in [0.3, 0.4) is 0 Å². The van der Waals surface area contributed by atoms with Gasteiger partial charge < -0.3 is 19.8 Å². The molecule has 2 N–H and O–H groups in total. The Kier molecular flexibility index (Phi) is 4.65. The van der Waals surface area contributed by atoms with E-state index in [4.69, 9.17) is 9.15 Å². The Hall–Kier alpha value is -3.35. The molecule has 0 spiro atoms. The summed E-state index contributed by atoms with van der Waals surface area (Å²) in [5.74, 6) is -1.43. The average molecular weight is 342 g/mol. The van der Waals surface area contributed by atoms with Crippen molar-refractivity contribution in [2.45, 2.75) is 6.54 Å². The maximum absolute atomic E-state index is 13.5. The van der Waals surface area contributed by atoms with Gasteiger partial charge in [-0.05, 0) is 24.3 Å². The molecule has 0 atom stereocenters. The highest BCUT2D eigenvalue weighted by atomic mass is 19.1. The van der Waals surface area contributed by atoms with Gasteiger partial charge in [-0.3, -0.25) is 9.59 Å². The number of ether oxygens (including phenoxy) is 1. The molecule has 6 nitrogen and oxygen atoms in total. The number of hydrogen-bond acceptors (Lipinski definition) is 4. The van der Waals surface area contributed by atoms with Gasteiger partial charge in [0.05, 0.1) is 19.3 Å². The lowest BCUT2D eigenvalue weighted by Gasteiger charge is -2.06. The second kappa shape index (κ2) is 7.04. The molecule has 0 saturated heterocycles. The van der Waals surface area contributed by atoms with Crippen LogP contribution in [0.25, 0.3) is 11.0 Å². The van der Waals surface area contributed by atoms with E-state index in [1.807, 2.05) is 12.1 Å². The summed E-state index contributed by atoms with van der Waals surface area (Å²) in [5.41, 5.74) is 0.501. The number of nitrogens with one attached hydrogen (secondary N) is 2. The van der Waals surface area contributed by atoms with Crippen LogP contribution in [0, 0.1) is 5.82 Å². The van der Waals surface area contributed by atoms with Gasteiger partial charge in [-0.15, -0.1) is 0 Å². The third-order valence-electron chi connectivity index (χ3n) is 3.53. The topological polar surface area (TPSA) is 80.6 Å². The van der Waals surface area contributed by atoms with Gasteiger partial charge in [0.2, 0.25) is 0 Å². The molecule has 3 aromatic rings. The number of amides is 2. The van der Waals surface area contributed by atoms with Gasteiger partial charge in [0.25, 0.3) is 0 Å². The number of methoxy groups -OCH3 is 1. The third kappa shape index (κ3) is 3.60. The number of hydrogen-bond donors (Lipinski definition) is 2. The normalized spacial score (nSPS) is 10.5. The molecule has 0 saturated carbocycles. The Bertz CT molecular complexity index is 936. The summed E-state index contributed by atoms with van der Waals surface area (Å²) in [4.78, 5) is 23.7. The molecule has 0 aliphatic heterocycles. The highest BCUT2D eigenvalue weighted by molar-refractivity contribution is 6.39. The highest BCUT2D eigenvalue weighted by Crippen LogP contribution is 2.28. The van der Waals surface area contributed by atoms with Crippen molar-refractivity contribution in [3.8, 4) is 5.75 Å². The molecular weight excluding hydrogens is 327 g/mol. The second-order valence-corrected chi connectivity index (χ2v) is 5.21. The molecule has 1 aromatic heterocycles. The number of rotatable bonds is 4. The largest absolute Gasteiger partial charge is 0.493 e. The van der Waals surface area contributed by atoms with E-state index >= 15 is 0 Å². The maximum Gasteiger partial charge on any atom is 0.313 e. The lowest BCUT2D eigenvalue weighted by atomic mass is 10.2. The Morgan fingerprint density at radius 1 is 1.12 bits per heavy atom. The molecule has 0 aliphatic carbocycles. The van der Waals surface area contributed by atoms with Crippen molar-refractivity contribution >= 4 is 28.5 Å². The summed E-state index contributed by atoms with van der Waals surface area (Å²) in [6.45, 7) is 0.0152. The molecule has 2 aromatic carbocycles. The Morgan fingerprint density at radius 3 is 2.68 bits per heavy atom. The fraction of sp³-hybridized carbons (Fsp3) is 0.111. The van der Waals surface area contributed by atoms with Crippen molar-refractivity contribution in [1.29, 1.82) is 0 Å². The first-order chi connectivity index (χ1) is 12.1. The Labute approximate surface area is 142 Å². The molecular formula is C18H15FN2O4. The van der Waals surface area contributed by atoms with Crippen molar-refractivity contribution in [3.63, 3.8) is 0 Å². The van der Waals surface area contributed by atoms with Gasteiger partial charge in [0, 0.05) is 5.39 Å². The number of halogens is 1. The molecule has 0 aliphatic rings. The minimum Gasteiger partial charge on any atom is -0.493 e. The fourth-order valence-corrected chi connectivity index (χ4v) is 2.33. The van der Waals surface area contributed by atoms with Crippen LogP contribution in [0.4, 0.5) is 10.1 Å². The number of benzene rings is 2. The van der Waals surface area contributed by atoms with Gasteiger partial charge in [0.1, 0.15) is 11.6 Å². The van der Waals surface area contributed by atoms with Crippen LogP contribution in [0.2, 0.25) is 0 Å². The number of furan rings is 1. The molecule has 0 unspecified atom stereocenters. The second-order valence-electron chi connectivity index (χ2n) is 5.21. The molecule has 0 radical (unpaired) electrons. The van der Waals surface area contributed by atoms with Crippen LogP contribution < -0.4 is 15.4 Å². The Balaban J connectivity index is 1.64. The number of para-hydroxylation sites is 2. The van der Waals surface area contributed by atoms with Crippen LogP contribution in [0.15, 0.2) is 52.9 Å². The van der Waals surface area contributed by atoms with E-state index in [2.05, 4.69) is 10.6 Å². The van der Waals surface area contributed by atoms with Gasteiger partial charge in [-0.1, -0.05) is 24.3 Å². The monoisotopic (exact) mass is 342 g/mol. The first kappa shape index (κ1) is 16.5. The number of carbonyl (C=O) groups excluding carboxylic acids is 2. The van der Waals surface area contributed by atoms with E-state index in [0.29, 0.717) is 17.1 Å². The van der Waals surface area contributed by atoms with Crippen molar-refractivity contribution in [2.24, 2.45) is 0 Å². The van der Waals surface area contributed by atoms with Crippen LogP contribution >= 0.6 is 0 Å². The number of anilines is 1. The molecule has 0 bridgehead atoms. The van der Waals surface area contributed by atoms with Crippen LogP contribution in [-0.4, -0.2) is 18.9 Å². The van der Waals surface area contributed by atoms with E-state index in [-0.39, 0.29) is 12.2 Å². The van der Waals surface area contributed by atoms with Gasteiger partial charge >= 0.3 is 11.8 Å². The van der Waals surface area contributed by atoms with Crippen LogP contribution in [-0.2, 0) is 16.1 Å². The van der Waals surface area contributed by atoms with E-state index in [1.165, 1.54) is 25.3 Å². The zero-order valence-corrected chi connectivity index (χ0v) is 13.3. The predicted molar refractivity (Wildman–Crippen MR) is 89.6 cm³/mol. The maximum atomic E-state index is 13.5. The zero-order valence-electron chi connectivity index (χ0n) is 13.3. The first-order valence-electron chi connectivity index (χ1n) is 7.47. The fourth-order valence-electron chi connectivity index (χ4n) is 2.33. The summed E-state index contributed by atoms with van der Waals surface area (Å²) >= 11 is 0. The molecule has 7 heteroatoms. The summed E-state index contributed by atoms with van der Waals surface area (Å²) < 4.78 is 24.3. The summed E-state index contributed by atoms with van der Waals surface area (Å²) in [6, 6.07) is 12.8. The SMILES string of the molecule is COc1cccc2cc(CNC(=O)C(=O)Nc3ccccc3F)oc12. The quantitative estimate of drug-likeness (QED) is 0.715. The van der Waals surface area contributed by atoms with Crippen molar-refractivity contribution < 1.29 is 23.1 Å². The Morgan fingerprint density at radius 2 is 1.92 bits per heavy atom. The van der Waals surface area contributed by atoms with E-state index in [0.717, 1.165) is 5.39 Å². The smallest absolute Gasteiger partial charge is 0.313 e. The summed E-state index contributed by atoms with van der Waals surface area (Å²) in [5, 5.41) is 5.46. The molecule has 128 valence electrons. The highest BCUT2D eigenvalue weighted by Gasteiger charge is 2.16. The molecule has 2 amide bonds. The van der Waals surface area contributed by atoms with E-state index < -0.39 is 17.6 Å². The minimum atomic E-state index is -0.959. The lowest BCUT2D eigenvalue weighted by molar-refractivity contribution is -0.136. The van der Waals surface area contributed by atoms with Gasteiger partial charge in [0.15, 0.2) is 11.3 Å². The molecule has 0 fully saturated rings. The van der Waals surface area contributed by atoms with Gasteiger partial charge in [-0.2, -0.15) is 0 Å². The standard InChI is InChI=1S/C18H15FN2O4/c1-24-15-8-4-5-11-9-12(25-16(11)15)10-20-17(22)18(23)21-14-7-3-2-6-13(14)19/h2-9H,10H2,1H3,(H,20,22)(H,21,23). The summed E-state index contributed by atoms with van der Waals surface area (Å²) in [6.07, 6.45) is 0. The zero-order chi connectivity index (χ0) is 17.8. The number of fused-ring (bicyclic) bond motifs is 1. The van der Waals surface area contributed by atoms with E-state index in [1.54, 1.807) is 18.2 Å². The minimum absolute atomic E-state index is 0.0152. The van der Waals surface area contributed by atoms with Crippen molar-refractivity contribution in [1.82, 2.24) is 5.32 Å². The van der Waals surface area contributed by atoms with Crippen LogP contribution in [0.1, 0.15) is 5.76 Å². The number of carbonyl (C=O) groups is 2. The molecule has 25 heavy (non-hydrogen) atoms. The molecule has 3 rings (SSSR count). The van der Waals surface area contributed by atoms with Gasteiger partial charge in [-0.25, -0.2) is 4.39 Å². The average Bonchev–Trinajstić information content (AvgIpc) is 3.04. The van der Waals surface area contributed by atoms with Crippen molar-refractivity contribution in [3.05, 3.63) is 60.1 Å².